The third-order valence-electron chi connectivity index (χ3n) is 3.25. The lowest BCUT2D eigenvalue weighted by molar-refractivity contribution is 0.0970. The summed E-state index contributed by atoms with van der Waals surface area (Å²) in [5.74, 6) is -2.59. The molecule has 0 bridgehead atoms. The van der Waals surface area contributed by atoms with Crippen LogP contribution in [0.2, 0.25) is 0 Å². The van der Waals surface area contributed by atoms with Crippen molar-refractivity contribution in [3.05, 3.63) is 65.2 Å². The van der Waals surface area contributed by atoms with Crippen molar-refractivity contribution in [1.29, 1.82) is 0 Å². The lowest BCUT2D eigenvalue weighted by Crippen LogP contribution is -2.08. The number of hydrogen-bond acceptors (Lipinski definition) is 2. The number of hydrogen-bond donors (Lipinski definition) is 1. The van der Waals surface area contributed by atoms with Gasteiger partial charge in [-0.3, -0.25) is 4.79 Å². The third kappa shape index (κ3) is 3.02. The Labute approximate surface area is 116 Å². The maximum absolute atomic E-state index is 13.5. The van der Waals surface area contributed by atoms with Crippen LogP contribution in [0.1, 0.15) is 35.2 Å². The molecule has 0 fully saturated rings. The van der Waals surface area contributed by atoms with Crippen molar-refractivity contribution >= 4 is 11.5 Å². The molecule has 4 heteroatoms. The first kappa shape index (κ1) is 14.2. The van der Waals surface area contributed by atoms with Gasteiger partial charge in [-0.1, -0.05) is 25.1 Å². The van der Waals surface area contributed by atoms with E-state index in [9.17, 15) is 13.6 Å². The normalized spacial score (nSPS) is 12.2. The van der Waals surface area contributed by atoms with Crippen LogP contribution in [0.25, 0.3) is 0 Å². The van der Waals surface area contributed by atoms with Gasteiger partial charge >= 0.3 is 0 Å². The molecule has 0 saturated heterocycles. The van der Waals surface area contributed by atoms with Crippen LogP contribution in [-0.2, 0) is 0 Å². The number of benzene rings is 2. The number of carbonyl (C=O) groups excluding carboxylic acids is 1. The van der Waals surface area contributed by atoms with Gasteiger partial charge in [0.05, 0.1) is 5.56 Å². The largest absolute Gasteiger partial charge is 0.399 e. The van der Waals surface area contributed by atoms with Gasteiger partial charge in [0, 0.05) is 12.1 Å². The molecule has 104 valence electrons. The Morgan fingerprint density at radius 2 is 1.80 bits per heavy atom. The molecule has 2 rings (SSSR count). The number of anilines is 1. The van der Waals surface area contributed by atoms with E-state index in [4.69, 9.17) is 5.73 Å². The topological polar surface area (TPSA) is 43.1 Å². The predicted octanol–water partition coefficient (Wildman–Crippen LogP) is 3.92. The van der Waals surface area contributed by atoms with Crippen LogP contribution in [0.15, 0.2) is 42.5 Å². The lowest BCUT2D eigenvalue weighted by atomic mass is 9.93. The highest BCUT2D eigenvalue weighted by atomic mass is 19.2. The molecular weight excluding hydrogens is 260 g/mol. The summed E-state index contributed by atoms with van der Waals surface area (Å²) in [5, 5.41) is 0. The molecule has 2 aromatic carbocycles. The fourth-order valence-electron chi connectivity index (χ4n) is 2.05. The first-order valence-electron chi connectivity index (χ1n) is 6.31. The molecule has 0 aliphatic carbocycles. The summed E-state index contributed by atoms with van der Waals surface area (Å²) in [6, 6.07) is 10.8. The number of nitrogens with two attached hydrogens (primary N) is 1. The van der Waals surface area contributed by atoms with E-state index in [1.54, 1.807) is 12.1 Å². The minimum Gasteiger partial charge on any atom is -0.399 e. The van der Waals surface area contributed by atoms with E-state index in [1.807, 2.05) is 19.1 Å². The molecule has 1 atom stereocenters. The second-order valence-corrected chi connectivity index (χ2v) is 4.80. The molecule has 0 saturated carbocycles. The molecular formula is C16H15F2NO. The average molecular weight is 275 g/mol. The summed E-state index contributed by atoms with van der Waals surface area (Å²) >= 11 is 0. The van der Waals surface area contributed by atoms with Crippen LogP contribution in [-0.4, -0.2) is 5.78 Å². The molecule has 20 heavy (non-hydrogen) atoms. The van der Waals surface area contributed by atoms with Crippen molar-refractivity contribution in [2.24, 2.45) is 0 Å². The fourth-order valence-corrected chi connectivity index (χ4v) is 2.05. The number of rotatable bonds is 4. The maximum Gasteiger partial charge on any atom is 0.169 e. The first-order valence-corrected chi connectivity index (χ1v) is 6.31. The zero-order chi connectivity index (χ0) is 14.7. The highest BCUT2D eigenvalue weighted by Gasteiger charge is 2.18. The molecule has 0 aromatic heterocycles. The minimum absolute atomic E-state index is 0.0919. The molecule has 1 unspecified atom stereocenters. The average Bonchev–Trinajstić information content (AvgIpc) is 2.42. The molecule has 0 spiro atoms. The van der Waals surface area contributed by atoms with E-state index in [2.05, 4.69) is 0 Å². The van der Waals surface area contributed by atoms with Crippen LogP contribution >= 0.6 is 0 Å². The Kier molecular flexibility index (Phi) is 4.13. The molecule has 0 radical (unpaired) electrons. The van der Waals surface area contributed by atoms with Crippen LogP contribution in [0.5, 0.6) is 0 Å². The monoisotopic (exact) mass is 275 g/mol. The Hall–Kier alpha value is -2.23. The maximum atomic E-state index is 13.5. The lowest BCUT2D eigenvalue weighted by Gasteiger charge is -2.12. The van der Waals surface area contributed by atoms with E-state index < -0.39 is 17.4 Å². The summed E-state index contributed by atoms with van der Waals surface area (Å²) in [5.41, 5.74) is 6.97. The van der Waals surface area contributed by atoms with Gasteiger partial charge in [-0.2, -0.15) is 0 Å². The van der Waals surface area contributed by atoms with Crippen LogP contribution in [0.3, 0.4) is 0 Å². The van der Waals surface area contributed by atoms with E-state index in [1.165, 1.54) is 12.1 Å². The number of nitrogen functional groups attached to an aromatic ring is 1. The van der Waals surface area contributed by atoms with Gasteiger partial charge in [0.1, 0.15) is 0 Å². The van der Waals surface area contributed by atoms with Gasteiger partial charge in [-0.25, -0.2) is 8.78 Å². The zero-order valence-corrected chi connectivity index (χ0v) is 11.1. The molecule has 2 N–H and O–H groups in total. The summed E-state index contributed by atoms with van der Waals surface area (Å²) in [4.78, 5) is 12.0. The Bertz CT molecular complexity index is 623. The van der Waals surface area contributed by atoms with Crippen LogP contribution in [0, 0.1) is 11.6 Å². The summed E-state index contributed by atoms with van der Waals surface area (Å²) < 4.78 is 26.6. The summed E-state index contributed by atoms with van der Waals surface area (Å²) in [7, 11) is 0. The molecule has 0 amide bonds. The van der Waals surface area contributed by atoms with Gasteiger partial charge in [-0.05, 0) is 35.7 Å². The van der Waals surface area contributed by atoms with Crippen LogP contribution in [0.4, 0.5) is 14.5 Å². The standard InChI is InChI=1S/C16H15F2NO/c1-10(11-5-7-12(19)8-6-11)9-15(20)13-3-2-4-14(17)16(13)18/h2-8,10H,9,19H2,1H3. The number of carbonyl (C=O) groups is 1. The van der Waals surface area contributed by atoms with Crippen LogP contribution < -0.4 is 5.73 Å². The van der Waals surface area contributed by atoms with E-state index in [-0.39, 0.29) is 17.9 Å². The molecule has 0 heterocycles. The van der Waals surface area contributed by atoms with Gasteiger partial charge in [0.2, 0.25) is 0 Å². The quantitative estimate of drug-likeness (QED) is 0.678. The van der Waals surface area contributed by atoms with Crippen molar-refractivity contribution < 1.29 is 13.6 Å². The number of Topliss-reactive ketones (excluding diaryl/α,β-unsaturated/α-hetero) is 1. The molecule has 0 aliphatic heterocycles. The molecule has 2 nitrogen and oxygen atoms in total. The van der Waals surface area contributed by atoms with Crippen molar-refractivity contribution in [3.63, 3.8) is 0 Å². The molecule has 2 aromatic rings. The minimum atomic E-state index is -1.08. The van der Waals surface area contributed by atoms with Crippen molar-refractivity contribution in [1.82, 2.24) is 0 Å². The highest BCUT2D eigenvalue weighted by molar-refractivity contribution is 5.96. The smallest absolute Gasteiger partial charge is 0.169 e. The van der Waals surface area contributed by atoms with Gasteiger partial charge in [0.15, 0.2) is 17.4 Å². The molecule has 0 aliphatic rings. The summed E-state index contributed by atoms with van der Waals surface area (Å²) in [6.45, 7) is 1.86. The van der Waals surface area contributed by atoms with Gasteiger partial charge in [0.25, 0.3) is 0 Å². The first-order chi connectivity index (χ1) is 9.49. The van der Waals surface area contributed by atoms with Gasteiger partial charge < -0.3 is 5.73 Å². The Morgan fingerprint density at radius 3 is 2.45 bits per heavy atom. The Balaban J connectivity index is 2.15. The summed E-state index contributed by atoms with van der Waals surface area (Å²) in [6.07, 6.45) is 0.115. The second kappa shape index (κ2) is 5.82. The SMILES string of the molecule is CC(CC(=O)c1cccc(F)c1F)c1ccc(N)cc1. The van der Waals surface area contributed by atoms with Crippen molar-refractivity contribution in [2.75, 3.05) is 5.73 Å². The number of halogens is 2. The van der Waals surface area contributed by atoms with Gasteiger partial charge in [-0.15, -0.1) is 0 Å². The Morgan fingerprint density at radius 1 is 1.15 bits per heavy atom. The van der Waals surface area contributed by atoms with Crippen molar-refractivity contribution in [2.45, 2.75) is 19.3 Å². The van der Waals surface area contributed by atoms with Crippen molar-refractivity contribution in [3.8, 4) is 0 Å². The highest BCUT2D eigenvalue weighted by Crippen LogP contribution is 2.23. The number of ketones is 1. The van der Waals surface area contributed by atoms with E-state index >= 15 is 0 Å². The zero-order valence-electron chi connectivity index (χ0n) is 11.1. The predicted molar refractivity (Wildman–Crippen MR) is 74.6 cm³/mol. The third-order valence-corrected chi connectivity index (χ3v) is 3.25. The van der Waals surface area contributed by atoms with E-state index in [0.717, 1.165) is 11.6 Å². The fraction of sp³-hybridized carbons (Fsp3) is 0.188. The van der Waals surface area contributed by atoms with E-state index in [0.29, 0.717) is 5.69 Å². The second-order valence-electron chi connectivity index (χ2n) is 4.80.